The van der Waals surface area contributed by atoms with Crippen molar-refractivity contribution >= 4 is 23.2 Å². The first-order valence-electron chi connectivity index (χ1n) is 9.18. The zero-order chi connectivity index (χ0) is 19.7. The molecule has 2 aromatic heterocycles. The maximum absolute atomic E-state index is 11.7. The molecule has 4 rings (SSSR count). The van der Waals surface area contributed by atoms with Crippen LogP contribution in [0.3, 0.4) is 0 Å². The van der Waals surface area contributed by atoms with Crippen molar-refractivity contribution in [1.29, 1.82) is 0 Å². The fraction of sp³-hybridized carbons (Fsp3) is 0.300. The van der Waals surface area contributed by atoms with Crippen molar-refractivity contribution in [3.63, 3.8) is 0 Å². The molecule has 7 nitrogen and oxygen atoms in total. The first kappa shape index (κ1) is 18.5. The molecule has 0 spiro atoms. The lowest BCUT2D eigenvalue weighted by Gasteiger charge is -2.27. The summed E-state index contributed by atoms with van der Waals surface area (Å²) in [5, 5.41) is 3.87. The van der Waals surface area contributed by atoms with Crippen molar-refractivity contribution < 1.29 is 4.79 Å². The highest BCUT2D eigenvalue weighted by molar-refractivity contribution is 7.13. The molecule has 28 heavy (non-hydrogen) atoms. The Bertz CT molecular complexity index is 1020. The summed E-state index contributed by atoms with van der Waals surface area (Å²) in [5.41, 5.74) is 15.5. The summed E-state index contributed by atoms with van der Waals surface area (Å²) >= 11 is 1.39. The number of nitrogens with zero attached hydrogens (tertiary/aromatic N) is 3. The van der Waals surface area contributed by atoms with E-state index in [1.807, 2.05) is 18.2 Å². The van der Waals surface area contributed by atoms with Gasteiger partial charge < -0.3 is 16.8 Å². The van der Waals surface area contributed by atoms with Crippen molar-refractivity contribution in [3.05, 3.63) is 68.9 Å². The van der Waals surface area contributed by atoms with E-state index < -0.39 is 5.91 Å². The number of anilines is 1. The van der Waals surface area contributed by atoms with Gasteiger partial charge in [-0.25, -0.2) is 15.0 Å². The minimum absolute atomic E-state index is 0.00255. The number of carbonyl (C=O) groups excluding carboxylic acids is 1. The molecule has 2 unspecified atom stereocenters. The molecule has 1 aliphatic rings. The van der Waals surface area contributed by atoms with Gasteiger partial charge in [-0.05, 0) is 30.5 Å². The number of amides is 1. The Balaban J connectivity index is 1.90. The smallest absolute Gasteiger partial charge is 0.277 e. The summed E-state index contributed by atoms with van der Waals surface area (Å²) in [4.78, 5) is 26.1. The number of thiazole rings is 1. The Morgan fingerprint density at radius 3 is 2.86 bits per heavy atom. The van der Waals surface area contributed by atoms with Crippen LogP contribution in [0.2, 0.25) is 0 Å². The SMILES string of the molecule is Cc1ccccc1C(c1ccnc(N)n1)C1CNCCc2sc(C(N)=O)nc21. The van der Waals surface area contributed by atoms with Gasteiger partial charge in [0.2, 0.25) is 5.95 Å². The summed E-state index contributed by atoms with van der Waals surface area (Å²) < 4.78 is 0. The molecule has 3 heterocycles. The molecule has 0 bridgehead atoms. The quantitative estimate of drug-likeness (QED) is 0.622. The lowest BCUT2D eigenvalue weighted by atomic mass is 9.79. The van der Waals surface area contributed by atoms with Gasteiger partial charge in [0.05, 0.1) is 11.4 Å². The van der Waals surface area contributed by atoms with Crippen molar-refractivity contribution in [3.8, 4) is 0 Å². The number of aryl methyl sites for hydroxylation is 1. The number of primary amides is 1. The standard InChI is InChI=1S/C20H22N6OS/c1-11-4-2-3-5-12(11)16(14-6-9-24-20(22)25-14)13-10-23-8-7-15-17(13)26-19(28-15)18(21)27/h2-6,9,13,16,23H,7-8,10H2,1H3,(H2,21,27)(H2,22,24,25). The van der Waals surface area contributed by atoms with Crippen LogP contribution < -0.4 is 16.8 Å². The number of fused-ring (bicyclic) bond motifs is 1. The van der Waals surface area contributed by atoms with Gasteiger partial charge in [-0.15, -0.1) is 11.3 Å². The molecule has 0 saturated heterocycles. The first-order chi connectivity index (χ1) is 13.5. The summed E-state index contributed by atoms with van der Waals surface area (Å²) in [6.45, 7) is 3.64. The predicted octanol–water partition coefficient (Wildman–Crippen LogP) is 1.98. The van der Waals surface area contributed by atoms with Crippen LogP contribution in [-0.2, 0) is 6.42 Å². The van der Waals surface area contributed by atoms with E-state index in [2.05, 4.69) is 39.3 Å². The topological polar surface area (TPSA) is 120 Å². The minimum Gasteiger partial charge on any atom is -0.368 e. The highest BCUT2D eigenvalue weighted by atomic mass is 32.1. The average molecular weight is 395 g/mol. The van der Waals surface area contributed by atoms with E-state index in [1.54, 1.807) is 6.20 Å². The van der Waals surface area contributed by atoms with Crippen molar-refractivity contribution in [2.75, 3.05) is 18.8 Å². The lowest BCUT2D eigenvalue weighted by molar-refractivity contribution is 0.0999. The molecule has 5 N–H and O–H groups in total. The van der Waals surface area contributed by atoms with Crippen molar-refractivity contribution in [2.24, 2.45) is 5.73 Å². The van der Waals surface area contributed by atoms with E-state index in [0.717, 1.165) is 41.3 Å². The Morgan fingerprint density at radius 2 is 2.11 bits per heavy atom. The van der Waals surface area contributed by atoms with Crippen LogP contribution in [0.4, 0.5) is 5.95 Å². The molecular weight excluding hydrogens is 372 g/mol. The Kier molecular flexibility index (Phi) is 5.06. The zero-order valence-electron chi connectivity index (χ0n) is 15.6. The summed E-state index contributed by atoms with van der Waals surface area (Å²) in [5.74, 6) is -0.312. The van der Waals surface area contributed by atoms with Crippen LogP contribution in [-0.4, -0.2) is 33.9 Å². The summed E-state index contributed by atoms with van der Waals surface area (Å²) in [6, 6.07) is 10.2. The van der Waals surface area contributed by atoms with Crippen LogP contribution in [0.5, 0.6) is 0 Å². The van der Waals surface area contributed by atoms with Gasteiger partial charge >= 0.3 is 0 Å². The zero-order valence-corrected chi connectivity index (χ0v) is 16.4. The highest BCUT2D eigenvalue weighted by Gasteiger charge is 2.34. The normalized spacial score (nSPS) is 17.5. The maximum Gasteiger partial charge on any atom is 0.277 e. The molecule has 0 saturated carbocycles. The number of nitrogen functional groups attached to an aromatic ring is 1. The molecule has 8 heteroatoms. The van der Waals surface area contributed by atoms with Crippen LogP contribution in [0, 0.1) is 6.92 Å². The third-order valence-corrected chi connectivity index (χ3v) is 6.27. The van der Waals surface area contributed by atoms with Gasteiger partial charge in [0.15, 0.2) is 5.01 Å². The highest BCUT2D eigenvalue weighted by Crippen LogP contribution is 2.41. The van der Waals surface area contributed by atoms with Gasteiger partial charge in [0, 0.05) is 36.0 Å². The fourth-order valence-electron chi connectivity index (χ4n) is 3.85. The third kappa shape index (κ3) is 3.48. The van der Waals surface area contributed by atoms with Crippen LogP contribution in [0.1, 0.15) is 49.0 Å². The maximum atomic E-state index is 11.7. The van der Waals surface area contributed by atoms with E-state index in [0.29, 0.717) is 5.01 Å². The average Bonchev–Trinajstić information content (AvgIpc) is 3.01. The second-order valence-electron chi connectivity index (χ2n) is 6.93. The second-order valence-corrected chi connectivity index (χ2v) is 8.01. The van der Waals surface area contributed by atoms with Gasteiger partial charge in [0.25, 0.3) is 5.91 Å². The van der Waals surface area contributed by atoms with Gasteiger partial charge in [0.1, 0.15) is 0 Å². The lowest BCUT2D eigenvalue weighted by Crippen LogP contribution is -2.27. The molecule has 1 aliphatic heterocycles. The van der Waals surface area contributed by atoms with Gasteiger partial charge in [-0.1, -0.05) is 24.3 Å². The second kappa shape index (κ2) is 7.65. The number of rotatable bonds is 4. The molecule has 3 aromatic rings. The van der Waals surface area contributed by atoms with E-state index in [1.165, 1.54) is 16.9 Å². The minimum atomic E-state index is -0.483. The van der Waals surface area contributed by atoms with Crippen molar-refractivity contribution in [2.45, 2.75) is 25.2 Å². The molecule has 2 atom stereocenters. The number of aromatic nitrogens is 3. The van der Waals surface area contributed by atoms with Crippen LogP contribution in [0.15, 0.2) is 36.5 Å². The summed E-state index contributed by atoms with van der Waals surface area (Å²) in [7, 11) is 0. The molecule has 144 valence electrons. The van der Waals surface area contributed by atoms with E-state index in [4.69, 9.17) is 11.5 Å². The largest absolute Gasteiger partial charge is 0.368 e. The number of carbonyl (C=O) groups is 1. The van der Waals surface area contributed by atoms with Gasteiger partial charge in [-0.2, -0.15) is 0 Å². The van der Waals surface area contributed by atoms with Crippen LogP contribution in [0.25, 0.3) is 0 Å². The van der Waals surface area contributed by atoms with Crippen molar-refractivity contribution in [1.82, 2.24) is 20.3 Å². The Labute approximate surface area is 167 Å². The first-order valence-corrected chi connectivity index (χ1v) is 10.0. The summed E-state index contributed by atoms with van der Waals surface area (Å²) in [6.07, 6.45) is 2.51. The molecule has 0 radical (unpaired) electrons. The number of benzene rings is 1. The van der Waals surface area contributed by atoms with Crippen LogP contribution >= 0.6 is 11.3 Å². The third-order valence-electron chi connectivity index (χ3n) is 5.12. The predicted molar refractivity (Wildman–Crippen MR) is 109 cm³/mol. The molecule has 1 aromatic carbocycles. The number of hydrogen-bond acceptors (Lipinski definition) is 7. The molecule has 1 amide bonds. The molecular formula is C20H22N6OS. The van der Waals surface area contributed by atoms with Gasteiger partial charge in [-0.3, -0.25) is 4.79 Å². The molecule has 0 aliphatic carbocycles. The number of hydrogen-bond donors (Lipinski definition) is 3. The number of nitrogens with two attached hydrogens (primary N) is 2. The number of nitrogens with one attached hydrogen (secondary N) is 1. The van der Waals surface area contributed by atoms with E-state index >= 15 is 0 Å². The Hall–Kier alpha value is -2.84. The molecule has 0 fully saturated rings. The Morgan fingerprint density at radius 1 is 1.29 bits per heavy atom. The van der Waals surface area contributed by atoms with E-state index in [9.17, 15) is 4.79 Å². The van der Waals surface area contributed by atoms with E-state index in [-0.39, 0.29) is 17.8 Å². The monoisotopic (exact) mass is 394 g/mol. The fourth-order valence-corrected chi connectivity index (χ4v) is 4.83.